The van der Waals surface area contributed by atoms with Gasteiger partial charge in [-0.15, -0.1) is 0 Å². The lowest BCUT2D eigenvalue weighted by molar-refractivity contribution is 0.0921. The number of aryl methyl sites for hydroxylation is 2. The second-order valence-electron chi connectivity index (χ2n) is 5.51. The Morgan fingerprint density at radius 2 is 2.06 bits per heavy atom. The Bertz CT molecular complexity index is 472. The Balaban J connectivity index is 2.13. The van der Waals surface area contributed by atoms with E-state index in [1.807, 2.05) is 14.0 Å². The molecule has 0 spiro atoms. The molecule has 0 aromatic carbocycles. The summed E-state index contributed by atoms with van der Waals surface area (Å²) in [6.45, 7) is 6.42. The highest BCUT2D eigenvalue weighted by atomic mass is 16.5. The normalized spacial score (nSPS) is 27.8. The third-order valence-electron chi connectivity index (χ3n) is 4.11. The summed E-state index contributed by atoms with van der Waals surface area (Å²) in [6, 6.07) is 2.19. The van der Waals surface area contributed by atoms with Gasteiger partial charge in [-0.2, -0.15) is 10.4 Å². The first-order chi connectivity index (χ1) is 8.52. The molecule has 3 atom stereocenters. The fraction of sp³-hybridized carbons (Fsp3) is 0.714. The fourth-order valence-electron chi connectivity index (χ4n) is 2.66. The maximum atomic E-state index is 9.15. The minimum absolute atomic E-state index is 0.220. The van der Waals surface area contributed by atoms with Crippen LogP contribution in [0.4, 0.5) is 0 Å². The molecule has 2 rings (SSSR count). The Hall–Kier alpha value is -1.50. The average Bonchev–Trinajstić information content (AvgIpc) is 2.58. The van der Waals surface area contributed by atoms with Crippen molar-refractivity contribution in [2.24, 2.45) is 18.9 Å². The van der Waals surface area contributed by atoms with Crippen LogP contribution in [0.15, 0.2) is 0 Å². The molecule has 0 amide bonds. The van der Waals surface area contributed by atoms with Crippen molar-refractivity contribution >= 4 is 0 Å². The Kier molecular flexibility index (Phi) is 3.60. The summed E-state index contributed by atoms with van der Waals surface area (Å²) >= 11 is 0. The Morgan fingerprint density at radius 1 is 1.33 bits per heavy atom. The number of nitriles is 1. The first-order valence-corrected chi connectivity index (χ1v) is 6.63. The van der Waals surface area contributed by atoms with Gasteiger partial charge in [-0.3, -0.25) is 0 Å². The Labute approximate surface area is 109 Å². The molecule has 1 fully saturated rings. The molecular formula is C14H21N3O. The summed E-state index contributed by atoms with van der Waals surface area (Å²) in [4.78, 5) is 0. The summed E-state index contributed by atoms with van der Waals surface area (Å²) in [5, 5.41) is 13.4. The van der Waals surface area contributed by atoms with Crippen molar-refractivity contribution in [2.75, 3.05) is 0 Å². The van der Waals surface area contributed by atoms with Crippen molar-refractivity contribution < 1.29 is 4.74 Å². The molecule has 1 aromatic rings. The first kappa shape index (κ1) is 12.9. The average molecular weight is 247 g/mol. The lowest BCUT2D eigenvalue weighted by Crippen LogP contribution is -2.29. The second-order valence-corrected chi connectivity index (χ2v) is 5.51. The van der Waals surface area contributed by atoms with Gasteiger partial charge in [0.1, 0.15) is 17.7 Å². The van der Waals surface area contributed by atoms with Gasteiger partial charge in [0.25, 0.3) is 0 Å². The van der Waals surface area contributed by atoms with Crippen molar-refractivity contribution in [3.05, 3.63) is 11.3 Å². The molecule has 1 aliphatic rings. The van der Waals surface area contributed by atoms with E-state index in [0.29, 0.717) is 17.4 Å². The minimum atomic E-state index is 0.220. The first-order valence-electron chi connectivity index (χ1n) is 6.63. The van der Waals surface area contributed by atoms with Crippen molar-refractivity contribution in [1.29, 1.82) is 5.26 Å². The lowest BCUT2D eigenvalue weighted by atomic mass is 9.80. The van der Waals surface area contributed by atoms with Gasteiger partial charge in [-0.25, -0.2) is 4.68 Å². The van der Waals surface area contributed by atoms with E-state index >= 15 is 0 Å². The van der Waals surface area contributed by atoms with E-state index in [4.69, 9.17) is 10.00 Å². The fourth-order valence-corrected chi connectivity index (χ4v) is 2.66. The molecule has 4 nitrogen and oxygen atoms in total. The van der Waals surface area contributed by atoms with Gasteiger partial charge in [0, 0.05) is 7.05 Å². The zero-order chi connectivity index (χ0) is 13.3. The van der Waals surface area contributed by atoms with E-state index < -0.39 is 0 Å². The summed E-state index contributed by atoms with van der Waals surface area (Å²) in [6.07, 6.45) is 3.56. The summed E-state index contributed by atoms with van der Waals surface area (Å²) in [7, 11) is 1.83. The molecule has 1 aliphatic carbocycles. The topological polar surface area (TPSA) is 50.8 Å². The standard InChI is InChI=1S/C14H21N3O/c1-9-5-6-12(7-10(9)2)18-14-13(8-15)11(3)16-17(14)4/h9-10,12H,5-7H2,1-4H3. The highest BCUT2D eigenvalue weighted by Crippen LogP contribution is 2.32. The largest absolute Gasteiger partial charge is 0.474 e. The Morgan fingerprint density at radius 3 is 2.67 bits per heavy atom. The highest BCUT2D eigenvalue weighted by Gasteiger charge is 2.27. The molecule has 98 valence electrons. The van der Waals surface area contributed by atoms with E-state index in [1.54, 1.807) is 4.68 Å². The highest BCUT2D eigenvalue weighted by molar-refractivity contribution is 5.42. The SMILES string of the molecule is Cc1nn(C)c(OC2CCC(C)C(C)C2)c1C#N. The zero-order valence-electron chi connectivity index (χ0n) is 11.6. The van der Waals surface area contributed by atoms with E-state index in [0.717, 1.165) is 24.5 Å². The van der Waals surface area contributed by atoms with Gasteiger partial charge < -0.3 is 4.74 Å². The van der Waals surface area contributed by atoms with Crippen LogP contribution in [0.3, 0.4) is 0 Å². The molecule has 0 aliphatic heterocycles. The predicted octanol–water partition coefficient (Wildman–Crippen LogP) is 2.80. The minimum Gasteiger partial charge on any atom is -0.474 e. The van der Waals surface area contributed by atoms with Crippen LogP contribution in [-0.2, 0) is 7.05 Å². The van der Waals surface area contributed by atoms with Gasteiger partial charge >= 0.3 is 0 Å². The van der Waals surface area contributed by atoms with Crippen molar-refractivity contribution in [2.45, 2.75) is 46.1 Å². The number of ether oxygens (including phenoxy) is 1. The summed E-state index contributed by atoms with van der Waals surface area (Å²) in [5.41, 5.74) is 1.32. The maximum absolute atomic E-state index is 9.15. The molecule has 1 saturated carbocycles. The van der Waals surface area contributed by atoms with Crippen molar-refractivity contribution in [3.63, 3.8) is 0 Å². The number of hydrogen-bond donors (Lipinski definition) is 0. The monoisotopic (exact) mass is 247 g/mol. The van der Waals surface area contributed by atoms with E-state index in [1.165, 1.54) is 6.42 Å². The van der Waals surface area contributed by atoms with Gasteiger partial charge in [-0.05, 0) is 38.0 Å². The van der Waals surface area contributed by atoms with Crippen LogP contribution in [0.25, 0.3) is 0 Å². The van der Waals surface area contributed by atoms with E-state index in [-0.39, 0.29) is 6.10 Å². The van der Waals surface area contributed by atoms with Gasteiger partial charge in [0.05, 0.1) is 5.69 Å². The number of nitrogens with zero attached hydrogens (tertiary/aromatic N) is 3. The molecule has 4 heteroatoms. The number of rotatable bonds is 2. The molecule has 18 heavy (non-hydrogen) atoms. The van der Waals surface area contributed by atoms with Crippen LogP contribution in [0, 0.1) is 30.1 Å². The number of aromatic nitrogens is 2. The molecular weight excluding hydrogens is 226 g/mol. The van der Waals surface area contributed by atoms with Crippen molar-refractivity contribution in [3.8, 4) is 11.9 Å². The van der Waals surface area contributed by atoms with E-state index in [2.05, 4.69) is 25.0 Å². The molecule has 1 aromatic heterocycles. The summed E-state index contributed by atoms with van der Waals surface area (Å²) < 4.78 is 7.70. The number of hydrogen-bond acceptors (Lipinski definition) is 3. The van der Waals surface area contributed by atoms with Gasteiger partial charge in [0.2, 0.25) is 5.88 Å². The van der Waals surface area contributed by atoms with Gasteiger partial charge in [-0.1, -0.05) is 13.8 Å². The molecule has 3 unspecified atom stereocenters. The van der Waals surface area contributed by atoms with Crippen molar-refractivity contribution in [1.82, 2.24) is 9.78 Å². The van der Waals surface area contributed by atoms with Crippen LogP contribution in [0.5, 0.6) is 5.88 Å². The third kappa shape index (κ3) is 2.35. The quantitative estimate of drug-likeness (QED) is 0.807. The zero-order valence-corrected chi connectivity index (χ0v) is 11.6. The second kappa shape index (κ2) is 5.01. The van der Waals surface area contributed by atoms with Crippen LogP contribution >= 0.6 is 0 Å². The maximum Gasteiger partial charge on any atom is 0.230 e. The summed E-state index contributed by atoms with van der Waals surface area (Å²) in [5.74, 6) is 2.08. The molecule has 0 saturated heterocycles. The van der Waals surface area contributed by atoms with Crippen LogP contribution in [0.1, 0.15) is 44.4 Å². The van der Waals surface area contributed by atoms with Crippen LogP contribution < -0.4 is 4.74 Å². The smallest absolute Gasteiger partial charge is 0.230 e. The molecule has 0 bridgehead atoms. The predicted molar refractivity (Wildman–Crippen MR) is 69.3 cm³/mol. The molecule has 0 radical (unpaired) electrons. The van der Waals surface area contributed by atoms with E-state index in [9.17, 15) is 0 Å². The van der Waals surface area contributed by atoms with Gasteiger partial charge in [0.15, 0.2) is 0 Å². The molecule has 1 heterocycles. The molecule has 0 N–H and O–H groups in total. The lowest BCUT2D eigenvalue weighted by Gasteiger charge is -2.32. The van der Waals surface area contributed by atoms with Crippen LogP contribution in [-0.4, -0.2) is 15.9 Å². The van der Waals surface area contributed by atoms with Crippen LogP contribution in [0.2, 0.25) is 0 Å². The third-order valence-corrected chi connectivity index (χ3v) is 4.11.